The Morgan fingerprint density at radius 3 is 3.00 bits per heavy atom. The molecule has 0 radical (unpaired) electrons. The van der Waals surface area contributed by atoms with E-state index in [2.05, 4.69) is 6.92 Å². The zero-order valence-corrected chi connectivity index (χ0v) is 6.39. The van der Waals surface area contributed by atoms with Crippen LogP contribution in [0.1, 0.15) is 19.1 Å². The first-order chi connectivity index (χ1) is 4.88. The Morgan fingerprint density at radius 1 is 1.60 bits per heavy atom. The lowest BCUT2D eigenvalue weighted by Gasteiger charge is -1.96. The van der Waals surface area contributed by atoms with Crippen LogP contribution in [-0.2, 0) is 6.42 Å². The molecule has 0 aliphatic heterocycles. The lowest BCUT2D eigenvalue weighted by molar-refractivity contribution is 0.390. The summed E-state index contributed by atoms with van der Waals surface area (Å²) < 4.78 is 10.2. The molecule has 0 bridgehead atoms. The lowest BCUT2D eigenvalue weighted by atomic mass is 10.2. The van der Waals surface area contributed by atoms with E-state index in [0.717, 1.165) is 24.4 Å². The summed E-state index contributed by atoms with van der Waals surface area (Å²) in [5.74, 6) is 1.81. The van der Waals surface area contributed by atoms with Gasteiger partial charge < -0.3 is 9.15 Å². The molecule has 0 saturated carbocycles. The molecular weight excluding hydrogens is 128 g/mol. The first-order valence-corrected chi connectivity index (χ1v) is 3.48. The molecule has 0 saturated heterocycles. The highest BCUT2D eigenvalue weighted by Gasteiger charge is 2.03. The molecular formula is C8H12O2. The molecule has 1 aromatic rings. The highest BCUT2D eigenvalue weighted by molar-refractivity contribution is 5.24. The van der Waals surface area contributed by atoms with Gasteiger partial charge in [0.1, 0.15) is 5.76 Å². The van der Waals surface area contributed by atoms with Crippen molar-refractivity contribution in [3.63, 3.8) is 0 Å². The fourth-order valence-electron chi connectivity index (χ4n) is 0.920. The van der Waals surface area contributed by atoms with Crippen molar-refractivity contribution in [2.24, 2.45) is 0 Å². The van der Waals surface area contributed by atoms with E-state index in [4.69, 9.17) is 9.15 Å². The molecule has 0 unspecified atom stereocenters. The largest absolute Gasteiger partial charge is 0.493 e. The average molecular weight is 140 g/mol. The number of rotatable bonds is 3. The van der Waals surface area contributed by atoms with Gasteiger partial charge in [0.25, 0.3) is 0 Å². The molecule has 56 valence electrons. The predicted octanol–water partition coefficient (Wildman–Crippen LogP) is 2.24. The van der Waals surface area contributed by atoms with Gasteiger partial charge in [-0.1, -0.05) is 6.92 Å². The average Bonchev–Trinajstić information content (AvgIpc) is 2.36. The van der Waals surface area contributed by atoms with Crippen LogP contribution in [0, 0.1) is 0 Å². The summed E-state index contributed by atoms with van der Waals surface area (Å²) >= 11 is 0. The van der Waals surface area contributed by atoms with Crippen LogP contribution in [0.2, 0.25) is 0 Å². The maximum atomic E-state index is 5.17. The van der Waals surface area contributed by atoms with Crippen LogP contribution in [0.4, 0.5) is 0 Å². The smallest absolute Gasteiger partial charge is 0.160 e. The minimum Gasteiger partial charge on any atom is -0.493 e. The molecule has 2 nitrogen and oxygen atoms in total. The van der Waals surface area contributed by atoms with Crippen molar-refractivity contribution >= 4 is 0 Å². The summed E-state index contributed by atoms with van der Waals surface area (Å²) in [6, 6.07) is 1.84. The van der Waals surface area contributed by atoms with Crippen molar-refractivity contribution < 1.29 is 9.15 Å². The van der Waals surface area contributed by atoms with E-state index in [1.807, 2.05) is 6.07 Å². The fraction of sp³-hybridized carbons (Fsp3) is 0.500. The van der Waals surface area contributed by atoms with Gasteiger partial charge in [0.15, 0.2) is 5.75 Å². The zero-order chi connectivity index (χ0) is 7.40. The highest BCUT2D eigenvalue weighted by Crippen LogP contribution is 2.19. The Balaban J connectivity index is 2.70. The molecule has 1 rings (SSSR count). The second kappa shape index (κ2) is 3.30. The van der Waals surface area contributed by atoms with Crippen LogP contribution in [0.3, 0.4) is 0 Å². The van der Waals surface area contributed by atoms with Gasteiger partial charge in [-0.05, 0) is 6.42 Å². The standard InChI is InChI=1S/C8H12O2/c1-3-4-8-7(9-2)5-6-10-8/h5-6H,3-4H2,1-2H3. The molecule has 2 heteroatoms. The Morgan fingerprint density at radius 2 is 2.40 bits per heavy atom. The first-order valence-electron chi connectivity index (χ1n) is 3.48. The maximum absolute atomic E-state index is 5.17. The van der Waals surface area contributed by atoms with Crippen molar-refractivity contribution in [2.75, 3.05) is 7.11 Å². The maximum Gasteiger partial charge on any atom is 0.160 e. The lowest BCUT2D eigenvalue weighted by Crippen LogP contribution is -1.85. The minimum atomic E-state index is 0.863. The third-order valence-corrected chi connectivity index (χ3v) is 1.40. The molecule has 10 heavy (non-hydrogen) atoms. The van der Waals surface area contributed by atoms with E-state index < -0.39 is 0 Å². The number of ether oxygens (including phenoxy) is 1. The monoisotopic (exact) mass is 140 g/mol. The zero-order valence-electron chi connectivity index (χ0n) is 6.39. The van der Waals surface area contributed by atoms with Gasteiger partial charge in [-0.25, -0.2) is 0 Å². The van der Waals surface area contributed by atoms with Gasteiger partial charge >= 0.3 is 0 Å². The third kappa shape index (κ3) is 1.32. The number of hydrogen-bond acceptors (Lipinski definition) is 2. The van der Waals surface area contributed by atoms with E-state index in [-0.39, 0.29) is 0 Å². The summed E-state index contributed by atoms with van der Waals surface area (Å²) in [5.41, 5.74) is 0. The highest BCUT2D eigenvalue weighted by atomic mass is 16.5. The van der Waals surface area contributed by atoms with Gasteiger partial charge in [-0.3, -0.25) is 0 Å². The molecule has 0 aromatic carbocycles. The van der Waals surface area contributed by atoms with Gasteiger partial charge in [0, 0.05) is 12.5 Å². The van der Waals surface area contributed by atoms with Crippen LogP contribution < -0.4 is 4.74 Å². The van der Waals surface area contributed by atoms with E-state index in [9.17, 15) is 0 Å². The van der Waals surface area contributed by atoms with Gasteiger partial charge in [-0.15, -0.1) is 0 Å². The Hall–Kier alpha value is -0.920. The number of aryl methyl sites for hydroxylation is 1. The van der Waals surface area contributed by atoms with Gasteiger partial charge in [-0.2, -0.15) is 0 Å². The summed E-state index contributed by atoms with van der Waals surface area (Å²) in [4.78, 5) is 0. The van der Waals surface area contributed by atoms with E-state index >= 15 is 0 Å². The summed E-state index contributed by atoms with van der Waals surface area (Å²) in [5, 5.41) is 0. The van der Waals surface area contributed by atoms with Crippen LogP contribution in [0.25, 0.3) is 0 Å². The number of furan rings is 1. The van der Waals surface area contributed by atoms with Crippen LogP contribution in [-0.4, -0.2) is 7.11 Å². The predicted molar refractivity (Wildman–Crippen MR) is 39.3 cm³/mol. The van der Waals surface area contributed by atoms with Crippen molar-refractivity contribution in [1.29, 1.82) is 0 Å². The number of methoxy groups -OCH3 is 1. The molecule has 0 aliphatic carbocycles. The summed E-state index contributed by atoms with van der Waals surface area (Å²) in [6.45, 7) is 2.11. The van der Waals surface area contributed by atoms with Gasteiger partial charge in [0.2, 0.25) is 0 Å². The van der Waals surface area contributed by atoms with E-state index in [1.165, 1.54) is 0 Å². The molecule has 0 fully saturated rings. The third-order valence-electron chi connectivity index (χ3n) is 1.40. The molecule has 0 N–H and O–H groups in total. The topological polar surface area (TPSA) is 22.4 Å². The summed E-state index contributed by atoms with van der Waals surface area (Å²) in [6.07, 6.45) is 3.70. The van der Waals surface area contributed by atoms with Crippen LogP contribution in [0.15, 0.2) is 16.7 Å². The molecule has 1 aromatic heterocycles. The Labute approximate surface area is 60.8 Å². The van der Waals surface area contributed by atoms with Gasteiger partial charge in [0.05, 0.1) is 13.4 Å². The van der Waals surface area contributed by atoms with Crippen molar-refractivity contribution in [2.45, 2.75) is 19.8 Å². The Bertz CT molecular complexity index is 191. The first kappa shape index (κ1) is 7.19. The molecule has 0 spiro atoms. The second-order valence-corrected chi connectivity index (χ2v) is 2.16. The SMILES string of the molecule is CCCc1occc1OC. The van der Waals surface area contributed by atoms with E-state index in [1.54, 1.807) is 13.4 Å². The normalized spacial score (nSPS) is 9.80. The fourth-order valence-corrected chi connectivity index (χ4v) is 0.920. The van der Waals surface area contributed by atoms with Crippen molar-refractivity contribution in [3.05, 3.63) is 18.1 Å². The van der Waals surface area contributed by atoms with Crippen LogP contribution >= 0.6 is 0 Å². The van der Waals surface area contributed by atoms with E-state index in [0.29, 0.717) is 0 Å². The Kier molecular flexibility index (Phi) is 2.37. The molecule has 0 aliphatic rings. The quantitative estimate of drug-likeness (QED) is 0.642. The molecule has 0 amide bonds. The minimum absolute atomic E-state index is 0.863. The molecule has 0 atom stereocenters. The van der Waals surface area contributed by atoms with Crippen molar-refractivity contribution in [3.8, 4) is 5.75 Å². The van der Waals surface area contributed by atoms with Crippen molar-refractivity contribution in [1.82, 2.24) is 0 Å². The molecule has 1 heterocycles. The van der Waals surface area contributed by atoms with Crippen LogP contribution in [0.5, 0.6) is 5.75 Å². The number of hydrogen-bond donors (Lipinski definition) is 0. The summed E-state index contributed by atoms with van der Waals surface area (Å²) in [7, 11) is 1.66. The second-order valence-electron chi connectivity index (χ2n) is 2.16.